The molecule has 3 aliphatic rings. The van der Waals surface area contributed by atoms with E-state index in [1.165, 1.54) is 32.1 Å². The van der Waals surface area contributed by atoms with Crippen LogP contribution in [0.3, 0.4) is 0 Å². The van der Waals surface area contributed by atoms with E-state index in [1.807, 2.05) is 4.90 Å². The molecule has 1 aliphatic carbocycles. The lowest BCUT2D eigenvalue weighted by molar-refractivity contribution is -0.146. The van der Waals surface area contributed by atoms with Gasteiger partial charge in [0.1, 0.15) is 0 Å². The number of aliphatic carboxylic acids is 1. The van der Waals surface area contributed by atoms with Crippen molar-refractivity contribution < 1.29 is 19.4 Å². The fourth-order valence-corrected chi connectivity index (χ4v) is 5.31. The summed E-state index contributed by atoms with van der Waals surface area (Å²) in [5.41, 5.74) is 0. The van der Waals surface area contributed by atoms with E-state index in [2.05, 4.69) is 6.92 Å². The van der Waals surface area contributed by atoms with Gasteiger partial charge in [-0.2, -0.15) is 0 Å². The first-order valence-corrected chi connectivity index (χ1v) is 10.7. The van der Waals surface area contributed by atoms with Gasteiger partial charge in [0, 0.05) is 25.6 Å². The molecular formula is C21H35NO4. The molecule has 2 heterocycles. The Balaban J connectivity index is 1.49. The number of carboxylic acids is 1. The number of amides is 1. The highest BCUT2D eigenvalue weighted by molar-refractivity contribution is 5.79. The van der Waals surface area contributed by atoms with Crippen molar-refractivity contribution in [1.82, 2.24) is 4.90 Å². The molecule has 3 rings (SSSR count). The van der Waals surface area contributed by atoms with Gasteiger partial charge in [0.25, 0.3) is 0 Å². The molecule has 1 amide bonds. The molecule has 2 aliphatic heterocycles. The summed E-state index contributed by atoms with van der Waals surface area (Å²) in [6.45, 7) is 4.22. The molecule has 3 atom stereocenters. The van der Waals surface area contributed by atoms with Crippen LogP contribution in [0.5, 0.6) is 0 Å². The van der Waals surface area contributed by atoms with Crippen LogP contribution in [0.1, 0.15) is 71.1 Å². The van der Waals surface area contributed by atoms with Crippen molar-refractivity contribution in [3.05, 3.63) is 0 Å². The molecule has 0 bridgehead atoms. The van der Waals surface area contributed by atoms with Crippen LogP contribution in [0.2, 0.25) is 0 Å². The quantitative estimate of drug-likeness (QED) is 0.779. The normalized spacial score (nSPS) is 29.7. The molecule has 0 aromatic heterocycles. The lowest BCUT2D eigenvalue weighted by Gasteiger charge is -2.37. The number of carbonyl (C=O) groups excluding carboxylic acids is 1. The van der Waals surface area contributed by atoms with Crippen molar-refractivity contribution >= 4 is 11.9 Å². The summed E-state index contributed by atoms with van der Waals surface area (Å²) in [4.78, 5) is 26.4. The van der Waals surface area contributed by atoms with Crippen LogP contribution in [0.4, 0.5) is 0 Å². The molecule has 0 radical (unpaired) electrons. The maximum atomic E-state index is 13.0. The molecule has 26 heavy (non-hydrogen) atoms. The highest BCUT2D eigenvalue weighted by Gasteiger charge is 2.41. The number of likely N-dealkylation sites (tertiary alicyclic amines) is 1. The monoisotopic (exact) mass is 365 g/mol. The summed E-state index contributed by atoms with van der Waals surface area (Å²) in [5, 5.41) is 9.37. The predicted molar refractivity (Wildman–Crippen MR) is 99.8 cm³/mol. The second-order valence-corrected chi connectivity index (χ2v) is 8.58. The lowest BCUT2D eigenvalue weighted by atomic mass is 9.81. The van der Waals surface area contributed by atoms with E-state index in [-0.39, 0.29) is 23.9 Å². The third kappa shape index (κ3) is 4.59. The van der Waals surface area contributed by atoms with Crippen molar-refractivity contribution in [2.45, 2.75) is 77.2 Å². The number of carboxylic acid groups (broad SMARTS) is 1. The molecule has 148 valence electrons. The summed E-state index contributed by atoms with van der Waals surface area (Å²) in [6, 6.07) is 0. The van der Waals surface area contributed by atoms with Gasteiger partial charge in [-0.1, -0.05) is 39.0 Å². The van der Waals surface area contributed by atoms with Gasteiger partial charge in [-0.05, 0) is 43.9 Å². The minimum atomic E-state index is -0.732. The van der Waals surface area contributed by atoms with Gasteiger partial charge in [0.15, 0.2) is 0 Å². The predicted octanol–water partition coefficient (Wildman–Crippen LogP) is 3.71. The summed E-state index contributed by atoms with van der Waals surface area (Å²) in [5.74, 6) is 0.420. The largest absolute Gasteiger partial charge is 0.481 e. The number of hydrogen-bond acceptors (Lipinski definition) is 3. The number of nitrogens with zero attached hydrogens (tertiary/aromatic N) is 1. The standard InChI is InChI=1S/C21H35NO4/c1-2-16(14-15-6-4-3-5-7-15)20(23)22-11-8-17(9-12-22)19-18(21(24)25)10-13-26-19/h15-19H,2-14H2,1H3,(H,24,25)/t16?,18?,19-/m0/s1. The number of piperidine rings is 1. The number of carbonyl (C=O) groups is 2. The van der Waals surface area contributed by atoms with E-state index < -0.39 is 5.97 Å². The van der Waals surface area contributed by atoms with Gasteiger partial charge >= 0.3 is 5.97 Å². The van der Waals surface area contributed by atoms with Crippen LogP contribution in [0.15, 0.2) is 0 Å². The number of rotatable bonds is 6. The average Bonchev–Trinajstić information content (AvgIpc) is 3.17. The molecule has 2 unspecified atom stereocenters. The van der Waals surface area contributed by atoms with Crippen LogP contribution in [0, 0.1) is 23.7 Å². The Labute approximate surface area is 157 Å². The van der Waals surface area contributed by atoms with E-state index in [9.17, 15) is 14.7 Å². The van der Waals surface area contributed by atoms with E-state index >= 15 is 0 Å². The fourth-order valence-electron chi connectivity index (χ4n) is 5.31. The lowest BCUT2D eigenvalue weighted by Crippen LogP contribution is -2.45. The van der Waals surface area contributed by atoms with E-state index in [0.717, 1.165) is 44.7 Å². The van der Waals surface area contributed by atoms with Gasteiger partial charge < -0.3 is 14.7 Å². The fraction of sp³-hybridized carbons (Fsp3) is 0.905. The van der Waals surface area contributed by atoms with Crippen LogP contribution in [-0.2, 0) is 14.3 Å². The summed E-state index contributed by atoms with van der Waals surface area (Å²) >= 11 is 0. The zero-order valence-electron chi connectivity index (χ0n) is 16.2. The molecular weight excluding hydrogens is 330 g/mol. The van der Waals surface area contributed by atoms with Gasteiger partial charge in [0.2, 0.25) is 5.91 Å². The minimum Gasteiger partial charge on any atom is -0.481 e. The first kappa shape index (κ1) is 19.7. The molecule has 5 heteroatoms. The van der Waals surface area contributed by atoms with Crippen LogP contribution in [0.25, 0.3) is 0 Å². The third-order valence-electron chi connectivity index (χ3n) is 6.95. The average molecular weight is 366 g/mol. The minimum absolute atomic E-state index is 0.158. The molecule has 2 saturated heterocycles. The summed E-state index contributed by atoms with van der Waals surface area (Å²) in [7, 11) is 0. The number of ether oxygens (including phenoxy) is 1. The zero-order valence-corrected chi connectivity index (χ0v) is 16.2. The van der Waals surface area contributed by atoms with Crippen molar-refractivity contribution in [2.24, 2.45) is 23.7 Å². The Kier molecular flexibility index (Phi) is 6.96. The summed E-state index contributed by atoms with van der Waals surface area (Å²) < 4.78 is 5.75. The third-order valence-corrected chi connectivity index (χ3v) is 6.95. The Bertz CT molecular complexity index is 480. The van der Waals surface area contributed by atoms with Crippen molar-refractivity contribution in [2.75, 3.05) is 19.7 Å². The molecule has 0 aromatic carbocycles. The van der Waals surface area contributed by atoms with Crippen LogP contribution in [-0.4, -0.2) is 47.7 Å². The highest BCUT2D eigenvalue weighted by Crippen LogP contribution is 2.35. The first-order valence-electron chi connectivity index (χ1n) is 10.7. The van der Waals surface area contributed by atoms with E-state index in [1.54, 1.807) is 0 Å². The Morgan fingerprint density at radius 1 is 1.08 bits per heavy atom. The SMILES string of the molecule is CCC(CC1CCCCC1)C(=O)N1CCC([C@@H]2OCCC2C(=O)O)CC1. The van der Waals surface area contributed by atoms with Gasteiger partial charge in [-0.25, -0.2) is 0 Å². The van der Waals surface area contributed by atoms with Crippen LogP contribution >= 0.6 is 0 Å². The van der Waals surface area contributed by atoms with Crippen LogP contribution < -0.4 is 0 Å². The zero-order chi connectivity index (χ0) is 18.5. The van der Waals surface area contributed by atoms with Crippen molar-refractivity contribution in [1.29, 1.82) is 0 Å². The van der Waals surface area contributed by atoms with Crippen molar-refractivity contribution in [3.63, 3.8) is 0 Å². The maximum Gasteiger partial charge on any atom is 0.309 e. The first-order chi connectivity index (χ1) is 12.6. The van der Waals surface area contributed by atoms with Gasteiger partial charge in [-0.15, -0.1) is 0 Å². The Morgan fingerprint density at radius 2 is 1.77 bits per heavy atom. The summed E-state index contributed by atoms with van der Waals surface area (Å²) in [6.07, 6.45) is 10.8. The Hall–Kier alpha value is -1.10. The van der Waals surface area contributed by atoms with E-state index in [4.69, 9.17) is 4.74 Å². The topological polar surface area (TPSA) is 66.8 Å². The molecule has 0 aromatic rings. The molecule has 1 N–H and O–H groups in total. The second kappa shape index (κ2) is 9.20. The molecule has 1 saturated carbocycles. The second-order valence-electron chi connectivity index (χ2n) is 8.58. The van der Waals surface area contributed by atoms with Crippen molar-refractivity contribution in [3.8, 4) is 0 Å². The maximum absolute atomic E-state index is 13.0. The number of hydrogen-bond donors (Lipinski definition) is 1. The van der Waals surface area contributed by atoms with E-state index in [0.29, 0.717) is 18.9 Å². The highest BCUT2D eigenvalue weighted by atomic mass is 16.5. The smallest absolute Gasteiger partial charge is 0.309 e. The van der Waals surface area contributed by atoms with Gasteiger partial charge in [-0.3, -0.25) is 9.59 Å². The molecule has 0 spiro atoms. The Morgan fingerprint density at radius 3 is 2.38 bits per heavy atom. The van der Waals surface area contributed by atoms with Gasteiger partial charge in [0.05, 0.1) is 12.0 Å². The molecule has 3 fully saturated rings. The molecule has 5 nitrogen and oxygen atoms in total.